The number of pyridine rings is 1. The molecule has 3 aromatic heterocycles. The molecule has 0 radical (unpaired) electrons. The largest absolute Gasteiger partial charge is 0.329 e. The number of nitrogens with one attached hydrogen (secondary N) is 2. The second-order valence-corrected chi connectivity index (χ2v) is 9.27. The number of hydrogen-bond donors (Lipinski definition) is 2. The fourth-order valence-corrected chi connectivity index (χ4v) is 5.04. The summed E-state index contributed by atoms with van der Waals surface area (Å²) in [4.78, 5) is 17.1. The van der Waals surface area contributed by atoms with Gasteiger partial charge in [-0.3, -0.25) is 9.40 Å². The van der Waals surface area contributed by atoms with Gasteiger partial charge < -0.3 is 5.32 Å². The van der Waals surface area contributed by atoms with Gasteiger partial charge in [-0.1, -0.05) is 6.07 Å². The molecule has 0 bridgehead atoms. The number of aryl methyl sites for hydroxylation is 2. The number of amides is 2. The van der Waals surface area contributed by atoms with E-state index in [1.54, 1.807) is 10.8 Å². The third-order valence-electron chi connectivity index (χ3n) is 6.15. The van der Waals surface area contributed by atoms with Crippen molar-refractivity contribution in [3.63, 3.8) is 0 Å². The minimum absolute atomic E-state index is 0.251. The molecule has 162 valence electrons. The summed E-state index contributed by atoms with van der Waals surface area (Å²) in [6.07, 6.45) is 11.0. The lowest BCUT2D eigenvalue weighted by atomic mass is 9.93. The number of aromatic nitrogens is 5. The van der Waals surface area contributed by atoms with Crippen LogP contribution in [0.2, 0.25) is 0 Å². The van der Waals surface area contributed by atoms with Crippen LogP contribution in [0.5, 0.6) is 0 Å². The Morgan fingerprint density at radius 2 is 2.12 bits per heavy atom. The molecular weight excluding hydrogens is 422 g/mol. The van der Waals surface area contributed by atoms with Crippen LogP contribution in [0, 0.1) is 6.92 Å². The molecule has 0 spiro atoms. The number of fused-ring (bicyclic) bond motifs is 2. The summed E-state index contributed by atoms with van der Waals surface area (Å²) in [6.45, 7) is 2.10. The second-order valence-electron chi connectivity index (χ2n) is 8.44. The summed E-state index contributed by atoms with van der Waals surface area (Å²) in [5, 5.41) is 12.8. The predicted molar refractivity (Wildman–Crippen MR) is 124 cm³/mol. The van der Waals surface area contributed by atoms with Gasteiger partial charge in [-0.2, -0.15) is 10.2 Å². The monoisotopic (exact) mass is 445 g/mol. The van der Waals surface area contributed by atoms with Gasteiger partial charge in [-0.15, -0.1) is 0 Å². The molecule has 0 atom stereocenters. The van der Waals surface area contributed by atoms with Crippen molar-refractivity contribution in [1.29, 1.82) is 0 Å². The van der Waals surface area contributed by atoms with E-state index in [1.165, 1.54) is 35.9 Å². The Labute approximate surface area is 189 Å². The van der Waals surface area contributed by atoms with E-state index < -0.39 is 0 Å². The molecule has 6 rings (SSSR count). The topological polar surface area (TPSA) is 89.1 Å². The quantitative estimate of drug-likeness (QED) is 0.440. The van der Waals surface area contributed by atoms with Crippen LogP contribution >= 0.6 is 11.9 Å². The fraction of sp³-hybridized carbons (Fsp3) is 0.304. The molecule has 1 aromatic carbocycles. The Morgan fingerprint density at radius 1 is 1.22 bits per heavy atom. The SMILES string of the molecule is Cc1cc2c(c(NC(=O)NSc3ccn(C4CC4)n3)c1-c1ccc3ncnn3c1)CCC2. The number of urea groups is 1. The molecule has 0 saturated heterocycles. The van der Waals surface area contributed by atoms with Gasteiger partial charge in [0.15, 0.2) is 5.65 Å². The van der Waals surface area contributed by atoms with Gasteiger partial charge in [0, 0.05) is 35.5 Å². The molecule has 9 heteroatoms. The van der Waals surface area contributed by atoms with Crippen molar-refractivity contribution in [2.24, 2.45) is 0 Å². The highest BCUT2D eigenvalue weighted by atomic mass is 32.2. The van der Waals surface area contributed by atoms with E-state index >= 15 is 0 Å². The van der Waals surface area contributed by atoms with Crippen molar-refractivity contribution in [2.45, 2.75) is 50.1 Å². The summed E-state index contributed by atoms with van der Waals surface area (Å²) < 4.78 is 6.64. The highest BCUT2D eigenvalue weighted by Gasteiger charge is 2.25. The Kier molecular flexibility index (Phi) is 4.64. The van der Waals surface area contributed by atoms with E-state index in [1.807, 2.05) is 35.3 Å². The smallest absolute Gasteiger partial charge is 0.306 e. The van der Waals surface area contributed by atoms with E-state index in [2.05, 4.69) is 38.2 Å². The molecule has 4 aromatic rings. The standard InChI is InChI=1S/C23H23N7OS/c1-14-11-15-3-2-4-18(15)22(21(14)16-5-8-19-24-13-25-30(19)12-16)26-23(31)28-32-20-9-10-29(27-20)17-6-7-17/h5,8-13,17H,2-4,6-7H2,1H3,(H2,26,28,31). The molecule has 2 amide bonds. The van der Waals surface area contributed by atoms with Crippen molar-refractivity contribution < 1.29 is 4.79 Å². The zero-order chi connectivity index (χ0) is 21.7. The summed E-state index contributed by atoms with van der Waals surface area (Å²) in [7, 11) is 0. The number of hydrogen-bond acceptors (Lipinski definition) is 5. The van der Waals surface area contributed by atoms with Crippen LogP contribution in [0.3, 0.4) is 0 Å². The summed E-state index contributed by atoms with van der Waals surface area (Å²) in [5.74, 6) is 0. The van der Waals surface area contributed by atoms with Gasteiger partial charge in [0.05, 0.1) is 11.7 Å². The molecule has 3 heterocycles. The zero-order valence-corrected chi connectivity index (χ0v) is 18.5. The zero-order valence-electron chi connectivity index (χ0n) is 17.7. The Morgan fingerprint density at radius 3 is 3.00 bits per heavy atom. The number of rotatable bonds is 5. The predicted octanol–water partition coefficient (Wildman–Crippen LogP) is 4.55. The second kappa shape index (κ2) is 7.67. The normalized spacial score (nSPS) is 15.2. The van der Waals surface area contributed by atoms with Crippen molar-refractivity contribution in [2.75, 3.05) is 5.32 Å². The average Bonchev–Trinajstić information content (AvgIpc) is 3.17. The molecule has 1 saturated carbocycles. The Bertz CT molecular complexity index is 1340. The van der Waals surface area contributed by atoms with E-state index in [-0.39, 0.29) is 6.03 Å². The maximum atomic E-state index is 12.9. The van der Waals surface area contributed by atoms with Gasteiger partial charge >= 0.3 is 6.03 Å². The van der Waals surface area contributed by atoms with Crippen LogP contribution in [0.4, 0.5) is 10.5 Å². The van der Waals surface area contributed by atoms with Crippen molar-refractivity contribution in [3.05, 3.63) is 59.7 Å². The molecule has 0 unspecified atom stereocenters. The first-order chi connectivity index (χ1) is 15.7. The molecule has 2 aliphatic carbocycles. The van der Waals surface area contributed by atoms with Crippen LogP contribution in [-0.2, 0) is 12.8 Å². The number of anilines is 1. The van der Waals surface area contributed by atoms with Crippen molar-refractivity contribution in [1.82, 2.24) is 29.1 Å². The first-order valence-corrected chi connectivity index (χ1v) is 11.7. The third kappa shape index (κ3) is 3.52. The van der Waals surface area contributed by atoms with Gasteiger partial charge in [0.25, 0.3) is 0 Å². The van der Waals surface area contributed by atoms with Crippen molar-refractivity contribution >= 4 is 29.3 Å². The molecule has 1 fully saturated rings. The highest BCUT2D eigenvalue weighted by molar-refractivity contribution is 7.97. The summed E-state index contributed by atoms with van der Waals surface area (Å²) in [5.41, 5.74) is 7.39. The maximum Gasteiger partial charge on any atom is 0.329 e. The number of carbonyl (C=O) groups excluding carboxylic acids is 1. The van der Waals surface area contributed by atoms with Crippen LogP contribution in [0.1, 0.15) is 42.0 Å². The van der Waals surface area contributed by atoms with Gasteiger partial charge in [0.2, 0.25) is 0 Å². The van der Waals surface area contributed by atoms with Gasteiger partial charge in [0.1, 0.15) is 11.4 Å². The lowest BCUT2D eigenvalue weighted by molar-refractivity contribution is 0.257. The highest BCUT2D eigenvalue weighted by Crippen LogP contribution is 2.40. The Balaban J connectivity index is 1.30. The maximum absolute atomic E-state index is 12.9. The lowest BCUT2D eigenvalue weighted by Gasteiger charge is -2.19. The van der Waals surface area contributed by atoms with Gasteiger partial charge in [-0.25, -0.2) is 14.3 Å². The molecule has 2 aliphatic rings. The van der Waals surface area contributed by atoms with Crippen LogP contribution in [0.15, 0.2) is 48.0 Å². The van der Waals surface area contributed by atoms with Crippen LogP contribution in [-0.4, -0.2) is 30.4 Å². The number of nitrogens with zero attached hydrogens (tertiary/aromatic N) is 5. The average molecular weight is 446 g/mol. The first-order valence-electron chi connectivity index (χ1n) is 10.9. The van der Waals surface area contributed by atoms with Crippen molar-refractivity contribution in [3.8, 4) is 11.1 Å². The summed E-state index contributed by atoms with van der Waals surface area (Å²) in [6, 6.07) is 8.45. The molecule has 32 heavy (non-hydrogen) atoms. The van der Waals surface area contributed by atoms with E-state index in [0.29, 0.717) is 6.04 Å². The third-order valence-corrected chi connectivity index (χ3v) is 6.87. The molecule has 0 aliphatic heterocycles. The number of benzene rings is 1. The minimum Gasteiger partial charge on any atom is -0.306 e. The summed E-state index contributed by atoms with van der Waals surface area (Å²) >= 11 is 1.24. The fourth-order valence-electron chi connectivity index (χ4n) is 4.52. The minimum atomic E-state index is -0.251. The Hall–Kier alpha value is -3.33. The van der Waals surface area contributed by atoms with E-state index in [0.717, 1.165) is 52.3 Å². The number of carbonyl (C=O) groups is 1. The first kappa shape index (κ1) is 19.4. The molecule has 2 N–H and O–H groups in total. The molecule has 8 nitrogen and oxygen atoms in total. The van der Waals surface area contributed by atoms with Gasteiger partial charge in [-0.05, 0) is 73.9 Å². The van der Waals surface area contributed by atoms with E-state index in [9.17, 15) is 4.79 Å². The lowest BCUT2D eigenvalue weighted by Crippen LogP contribution is -2.24. The molecular formula is C23H23N7OS. The van der Waals surface area contributed by atoms with E-state index in [4.69, 9.17) is 0 Å². The van der Waals surface area contributed by atoms with Crippen LogP contribution in [0.25, 0.3) is 16.8 Å². The van der Waals surface area contributed by atoms with Crippen LogP contribution < -0.4 is 10.0 Å².